The molecule has 1 unspecified atom stereocenters. The summed E-state index contributed by atoms with van der Waals surface area (Å²) in [5, 5.41) is 3.54. The third kappa shape index (κ3) is 2.62. The first-order valence-electron chi connectivity index (χ1n) is 6.35. The van der Waals surface area contributed by atoms with Gasteiger partial charge < -0.3 is 9.88 Å². The van der Waals surface area contributed by atoms with Crippen LogP contribution in [-0.4, -0.2) is 4.57 Å². The summed E-state index contributed by atoms with van der Waals surface area (Å²) < 4.78 is 2.81. The highest BCUT2D eigenvalue weighted by molar-refractivity contribution is 9.11. The number of anilines is 1. The average molecular weight is 339 g/mol. The van der Waals surface area contributed by atoms with E-state index in [-0.39, 0.29) is 5.56 Å². The number of aryl methyl sites for hydroxylation is 2. The molecule has 3 rings (SSSR count). The number of rotatable bonds is 2. The lowest BCUT2D eigenvalue weighted by Crippen LogP contribution is -2.19. The van der Waals surface area contributed by atoms with Crippen molar-refractivity contribution in [2.45, 2.75) is 25.3 Å². The molecule has 100 valence electrons. The zero-order valence-corrected chi connectivity index (χ0v) is 13.1. The molecule has 2 aromatic heterocycles. The van der Waals surface area contributed by atoms with Crippen molar-refractivity contribution in [2.75, 3.05) is 5.32 Å². The fourth-order valence-electron chi connectivity index (χ4n) is 2.55. The molecule has 1 atom stereocenters. The SMILES string of the molecule is Cn1cc(NC2CCCc3sc(Br)cc32)ccc1=O. The Morgan fingerprint density at radius 3 is 3.11 bits per heavy atom. The van der Waals surface area contributed by atoms with Crippen LogP contribution in [0.5, 0.6) is 0 Å². The molecule has 0 bridgehead atoms. The summed E-state index contributed by atoms with van der Waals surface area (Å²) in [4.78, 5) is 12.9. The Kier molecular flexibility index (Phi) is 3.50. The number of fused-ring (bicyclic) bond motifs is 1. The van der Waals surface area contributed by atoms with E-state index >= 15 is 0 Å². The predicted octanol–water partition coefficient (Wildman–Crippen LogP) is 3.70. The molecule has 0 spiro atoms. The van der Waals surface area contributed by atoms with Crippen molar-refractivity contribution in [3.8, 4) is 0 Å². The zero-order valence-electron chi connectivity index (χ0n) is 10.6. The van der Waals surface area contributed by atoms with Gasteiger partial charge in [-0.3, -0.25) is 4.79 Å². The lowest BCUT2D eigenvalue weighted by Gasteiger charge is -2.24. The summed E-state index contributed by atoms with van der Waals surface area (Å²) in [5.41, 5.74) is 2.42. The van der Waals surface area contributed by atoms with E-state index in [2.05, 4.69) is 27.3 Å². The molecule has 1 N–H and O–H groups in total. The summed E-state index contributed by atoms with van der Waals surface area (Å²) in [6, 6.07) is 6.04. The minimum Gasteiger partial charge on any atom is -0.377 e. The Bertz CT molecular complexity index is 662. The standard InChI is InChI=1S/C14H15BrN2OS/c1-17-8-9(5-6-14(17)18)16-11-3-2-4-12-10(11)7-13(15)19-12/h5-8,11,16H,2-4H2,1H3. The predicted molar refractivity (Wildman–Crippen MR) is 83.0 cm³/mol. The van der Waals surface area contributed by atoms with E-state index < -0.39 is 0 Å². The van der Waals surface area contributed by atoms with Crippen LogP contribution in [0.4, 0.5) is 5.69 Å². The van der Waals surface area contributed by atoms with Crippen molar-refractivity contribution < 1.29 is 0 Å². The summed E-state index contributed by atoms with van der Waals surface area (Å²) in [6.45, 7) is 0. The van der Waals surface area contributed by atoms with Gasteiger partial charge in [0, 0.05) is 24.2 Å². The molecule has 1 aliphatic rings. The van der Waals surface area contributed by atoms with E-state index in [1.807, 2.05) is 23.6 Å². The average Bonchev–Trinajstić information content (AvgIpc) is 2.75. The Labute approximate surface area is 124 Å². The second kappa shape index (κ2) is 5.13. The Hall–Kier alpha value is -1.07. The number of aromatic nitrogens is 1. The van der Waals surface area contributed by atoms with Gasteiger partial charge in [-0.1, -0.05) is 0 Å². The van der Waals surface area contributed by atoms with Crippen molar-refractivity contribution >= 4 is 33.0 Å². The lowest BCUT2D eigenvalue weighted by molar-refractivity contribution is 0.608. The molecular weight excluding hydrogens is 324 g/mol. The van der Waals surface area contributed by atoms with Gasteiger partial charge in [0.1, 0.15) is 0 Å². The normalized spacial score (nSPS) is 18.1. The smallest absolute Gasteiger partial charge is 0.250 e. The fourth-order valence-corrected chi connectivity index (χ4v) is 4.37. The molecule has 19 heavy (non-hydrogen) atoms. The lowest BCUT2D eigenvalue weighted by atomic mass is 9.94. The first kappa shape index (κ1) is 12.9. The van der Waals surface area contributed by atoms with Crippen LogP contribution in [0.1, 0.15) is 29.3 Å². The van der Waals surface area contributed by atoms with E-state index in [1.54, 1.807) is 17.7 Å². The number of hydrogen-bond donors (Lipinski definition) is 1. The molecule has 0 radical (unpaired) electrons. The van der Waals surface area contributed by atoms with E-state index in [9.17, 15) is 4.79 Å². The molecule has 3 nitrogen and oxygen atoms in total. The Morgan fingerprint density at radius 1 is 1.47 bits per heavy atom. The molecule has 1 aliphatic carbocycles. The van der Waals surface area contributed by atoms with Crippen LogP contribution < -0.4 is 10.9 Å². The van der Waals surface area contributed by atoms with E-state index in [1.165, 1.54) is 27.1 Å². The first-order valence-corrected chi connectivity index (χ1v) is 7.96. The van der Waals surface area contributed by atoms with Crippen LogP contribution >= 0.6 is 27.3 Å². The van der Waals surface area contributed by atoms with Gasteiger partial charge >= 0.3 is 0 Å². The van der Waals surface area contributed by atoms with E-state index in [4.69, 9.17) is 0 Å². The van der Waals surface area contributed by atoms with Gasteiger partial charge in [-0.25, -0.2) is 0 Å². The highest BCUT2D eigenvalue weighted by Gasteiger charge is 2.22. The van der Waals surface area contributed by atoms with Gasteiger partial charge in [-0.05, 0) is 52.9 Å². The highest BCUT2D eigenvalue weighted by Crippen LogP contribution is 2.39. The fraction of sp³-hybridized carbons (Fsp3) is 0.357. The van der Waals surface area contributed by atoms with Crippen molar-refractivity contribution in [2.24, 2.45) is 7.05 Å². The monoisotopic (exact) mass is 338 g/mol. The molecule has 5 heteroatoms. The summed E-state index contributed by atoms with van der Waals surface area (Å²) >= 11 is 5.40. The Morgan fingerprint density at radius 2 is 2.32 bits per heavy atom. The molecular formula is C14H15BrN2OS. The van der Waals surface area contributed by atoms with Crippen molar-refractivity contribution in [3.05, 3.63) is 49.0 Å². The number of nitrogens with zero attached hydrogens (tertiary/aromatic N) is 1. The minimum absolute atomic E-state index is 0.0214. The zero-order chi connectivity index (χ0) is 13.4. The second-order valence-electron chi connectivity index (χ2n) is 4.89. The maximum Gasteiger partial charge on any atom is 0.250 e. The van der Waals surface area contributed by atoms with Gasteiger partial charge in [0.2, 0.25) is 5.56 Å². The summed E-state index contributed by atoms with van der Waals surface area (Å²) in [5.74, 6) is 0. The van der Waals surface area contributed by atoms with Crippen molar-refractivity contribution in [3.63, 3.8) is 0 Å². The summed E-state index contributed by atoms with van der Waals surface area (Å²) in [7, 11) is 1.78. The largest absolute Gasteiger partial charge is 0.377 e. The molecule has 0 saturated heterocycles. The van der Waals surface area contributed by atoms with Crippen LogP contribution in [-0.2, 0) is 13.5 Å². The molecule has 0 aromatic carbocycles. The quantitative estimate of drug-likeness (QED) is 0.905. The van der Waals surface area contributed by atoms with E-state index in [0.717, 1.165) is 12.1 Å². The minimum atomic E-state index is 0.0214. The number of nitrogens with one attached hydrogen (secondary N) is 1. The van der Waals surface area contributed by atoms with Crippen LogP contribution in [0.3, 0.4) is 0 Å². The van der Waals surface area contributed by atoms with E-state index in [0.29, 0.717) is 6.04 Å². The number of hydrogen-bond acceptors (Lipinski definition) is 3. The van der Waals surface area contributed by atoms with Gasteiger partial charge in [0.05, 0.1) is 15.5 Å². The second-order valence-corrected chi connectivity index (χ2v) is 7.40. The maximum atomic E-state index is 11.4. The molecule has 0 aliphatic heterocycles. The first-order chi connectivity index (χ1) is 9.13. The maximum absolute atomic E-state index is 11.4. The van der Waals surface area contributed by atoms with Gasteiger partial charge in [-0.15, -0.1) is 11.3 Å². The van der Waals surface area contributed by atoms with Gasteiger partial charge in [-0.2, -0.15) is 0 Å². The van der Waals surface area contributed by atoms with Crippen LogP contribution in [0.25, 0.3) is 0 Å². The molecule has 0 saturated carbocycles. The third-order valence-electron chi connectivity index (χ3n) is 3.51. The number of pyridine rings is 1. The molecule has 0 amide bonds. The topological polar surface area (TPSA) is 34.0 Å². The Balaban J connectivity index is 1.88. The molecule has 2 aromatic rings. The van der Waals surface area contributed by atoms with Crippen molar-refractivity contribution in [1.29, 1.82) is 0 Å². The number of halogens is 1. The van der Waals surface area contributed by atoms with Crippen LogP contribution in [0, 0.1) is 0 Å². The van der Waals surface area contributed by atoms with Crippen LogP contribution in [0.2, 0.25) is 0 Å². The van der Waals surface area contributed by atoms with Crippen LogP contribution in [0.15, 0.2) is 33.0 Å². The highest BCUT2D eigenvalue weighted by atomic mass is 79.9. The molecule has 0 fully saturated rings. The summed E-state index contributed by atoms with van der Waals surface area (Å²) in [6.07, 6.45) is 5.39. The molecule has 2 heterocycles. The number of thiophene rings is 1. The van der Waals surface area contributed by atoms with Gasteiger partial charge in [0.25, 0.3) is 0 Å². The van der Waals surface area contributed by atoms with Gasteiger partial charge in [0.15, 0.2) is 0 Å². The third-order valence-corrected chi connectivity index (χ3v) is 5.22. The van der Waals surface area contributed by atoms with Crippen molar-refractivity contribution in [1.82, 2.24) is 4.57 Å².